The van der Waals surface area contributed by atoms with Crippen LogP contribution in [0.2, 0.25) is 0 Å². The molecule has 3 rings (SSSR count). The monoisotopic (exact) mass is 320 g/mol. The first-order chi connectivity index (χ1) is 11.4. The van der Waals surface area contributed by atoms with E-state index >= 15 is 0 Å². The van der Waals surface area contributed by atoms with E-state index in [1.165, 1.54) is 0 Å². The van der Waals surface area contributed by atoms with Gasteiger partial charge in [-0.2, -0.15) is 0 Å². The number of Topliss-reactive ketones (excluding diaryl/α,β-unsaturated/α-hetero) is 1. The quantitative estimate of drug-likeness (QED) is 0.489. The third kappa shape index (κ3) is 3.11. The number of aromatic nitrogens is 2. The molecule has 2 heterocycles. The van der Waals surface area contributed by atoms with E-state index in [9.17, 15) is 4.79 Å². The van der Waals surface area contributed by atoms with Crippen molar-refractivity contribution in [2.24, 2.45) is 10.2 Å². The van der Waals surface area contributed by atoms with Gasteiger partial charge in [0.15, 0.2) is 11.6 Å². The van der Waals surface area contributed by atoms with E-state index in [0.717, 1.165) is 11.3 Å². The summed E-state index contributed by atoms with van der Waals surface area (Å²) in [5.41, 5.74) is 2.85. The number of carbonyl (C=O) groups excluding carboxylic acids is 1. The molecule has 2 aromatic heterocycles. The van der Waals surface area contributed by atoms with Crippen molar-refractivity contribution >= 4 is 22.9 Å². The Morgan fingerprint density at radius 2 is 1.88 bits per heavy atom. The Labute approximate surface area is 141 Å². The lowest BCUT2D eigenvalue weighted by Crippen LogP contribution is -2.11. The first kappa shape index (κ1) is 16.1. The molecular formula is C19H20N4O. The fraction of sp³-hybridized carbons (Fsp3) is 0.263. The number of benzene rings is 1. The molecule has 0 aliphatic carbocycles. The number of azo groups is 1. The molecule has 0 unspecified atom stereocenters. The topological polar surface area (TPSA) is 59.1 Å². The highest BCUT2D eigenvalue weighted by Crippen LogP contribution is 2.33. The molecule has 0 aliphatic heterocycles. The van der Waals surface area contributed by atoms with Gasteiger partial charge in [-0.3, -0.25) is 9.20 Å². The number of ketones is 1. The smallest absolute Gasteiger partial charge is 0.183 e. The van der Waals surface area contributed by atoms with Crippen molar-refractivity contribution in [2.45, 2.75) is 33.1 Å². The van der Waals surface area contributed by atoms with Crippen molar-refractivity contribution in [3.8, 4) is 0 Å². The summed E-state index contributed by atoms with van der Waals surface area (Å²) in [5, 5.41) is 8.77. The third-order valence-electron chi connectivity index (χ3n) is 3.73. The maximum absolute atomic E-state index is 11.5. The normalized spacial score (nSPS) is 12.2. The molecule has 122 valence electrons. The minimum atomic E-state index is -0.151. The Hall–Kier alpha value is -2.82. The molecule has 0 spiro atoms. The van der Waals surface area contributed by atoms with Crippen LogP contribution < -0.4 is 0 Å². The van der Waals surface area contributed by atoms with Crippen LogP contribution in [0.15, 0.2) is 58.9 Å². The van der Waals surface area contributed by atoms with Gasteiger partial charge in [-0.05, 0) is 31.2 Å². The molecule has 0 atom stereocenters. The van der Waals surface area contributed by atoms with E-state index in [-0.39, 0.29) is 11.2 Å². The van der Waals surface area contributed by atoms with Gasteiger partial charge < -0.3 is 0 Å². The molecule has 0 aliphatic rings. The Bertz CT molecular complexity index is 932. The maximum atomic E-state index is 11.5. The molecule has 0 bridgehead atoms. The second-order valence-corrected chi connectivity index (χ2v) is 6.77. The number of rotatable bonds is 3. The van der Waals surface area contributed by atoms with Crippen molar-refractivity contribution in [1.29, 1.82) is 0 Å². The molecule has 0 amide bonds. The third-order valence-corrected chi connectivity index (χ3v) is 3.73. The zero-order chi connectivity index (χ0) is 17.3. The van der Waals surface area contributed by atoms with Crippen molar-refractivity contribution in [3.05, 3.63) is 59.9 Å². The second kappa shape index (κ2) is 6.00. The molecule has 5 nitrogen and oxygen atoms in total. The molecule has 0 saturated heterocycles. The first-order valence-corrected chi connectivity index (χ1v) is 7.86. The lowest BCUT2D eigenvalue weighted by Gasteiger charge is -2.15. The van der Waals surface area contributed by atoms with Gasteiger partial charge in [-0.25, -0.2) is 4.98 Å². The molecule has 0 N–H and O–H groups in total. The molecule has 0 fully saturated rings. The largest absolute Gasteiger partial charge is 0.295 e. The summed E-state index contributed by atoms with van der Waals surface area (Å²) in [4.78, 5) is 16.2. The summed E-state index contributed by atoms with van der Waals surface area (Å²) in [6.07, 6.45) is 1.93. The molecular weight excluding hydrogens is 300 g/mol. The number of fused-ring (bicyclic) bond motifs is 1. The van der Waals surface area contributed by atoms with Gasteiger partial charge in [0.1, 0.15) is 5.65 Å². The van der Waals surface area contributed by atoms with Crippen LogP contribution in [0.4, 0.5) is 11.5 Å². The Morgan fingerprint density at radius 3 is 2.58 bits per heavy atom. The summed E-state index contributed by atoms with van der Waals surface area (Å²) >= 11 is 0. The van der Waals surface area contributed by atoms with Gasteiger partial charge in [0.25, 0.3) is 0 Å². The molecule has 24 heavy (non-hydrogen) atoms. The summed E-state index contributed by atoms with van der Waals surface area (Å²) in [7, 11) is 0. The van der Waals surface area contributed by atoms with Gasteiger partial charge in [0.2, 0.25) is 0 Å². The number of pyridine rings is 1. The predicted molar refractivity (Wildman–Crippen MR) is 94.5 cm³/mol. The molecule has 5 heteroatoms. The van der Waals surface area contributed by atoms with Crippen molar-refractivity contribution in [2.75, 3.05) is 0 Å². The van der Waals surface area contributed by atoms with Crippen LogP contribution >= 0.6 is 0 Å². The average molecular weight is 320 g/mol. The Balaban J connectivity index is 2.09. The lowest BCUT2D eigenvalue weighted by atomic mass is 9.92. The van der Waals surface area contributed by atoms with Crippen LogP contribution in [0.25, 0.3) is 5.65 Å². The van der Waals surface area contributed by atoms with Crippen LogP contribution in [0.5, 0.6) is 0 Å². The first-order valence-electron chi connectivity index (χ1n) is 7.86. The van der Waals surface area contributed by atoms with Crippen molar-refractivity contribution in [3.63, 3.8) is 0 Å². The summed E-state index contributed by atoms with van der Waals surface area (Å²) < 4.78 is 1.93. The summed E-state index contributed by atoms with van der Waals surface area (Å²) in [6.45, 7) is 7.84. The van der Waals surface area contributed by atoms with E-state index in [4.69, 9.17) is 4.98 Å². The van der Waals surface area contributed by atoms with E-state index < -0.39 is 0 Å². The minimum Gasteiger partial charge on any atom is -0.295 e. The number of nitrogens with zero attached hydrogens (tertiary/aromatic N) is 4. The molecule has 0 saturated carbocycles. The van der Waals surface area contributed by atoms with Crippen molar-refractivity contribution in [1.82, 2.24) is 9.38 Å². The molecule has 1 aromatic carbocycles. The highest BCUT2D eigenvalue weighted by molar-refractivity contribution is 5.94. The van der Waals surface area contributed by atoms with Crippen molar-refractivity contribution < 1.29 is 4.79 Å². The average Bonchev–Trinajstić information content (AvgIpc) is 2.92. The van der Waals surface area contributed by atoms with Crippen LogP contribution in [0, 0.1) is 0 Å². The predicted octanol–water partition coefficient (Wildman–Crippen LogP) is 5.25. The highest BCUT2D eigenvalue weighted by Gasteiger charge is 2.23. The SMILES string of the molecule is CC(=O)c1cccc(N=Nc2c(C(C)(C)C)nc3ccccn23)c1. The highest BCUT2D eigenvalue weighted by atomic mass is 16.1. The second-order valence-electron chi connectivity index (χ2n) is 6.77. The van der Waals surface area contributed by atoms with Crippen LogP contribution in [0.1, 0.15) is 43.7 Å². The summed E-state index contributed by atoms with van der Waals surface area (Å²) in [6, 6.07) is 13.0. The minimum absolute atomic E-state index is 0.0113. The lowest BCUT2D eigenvalue weighted by molar-refractivity contribution is 0.101. The van der Waals surface area contributed by atoms with Crippen LogP contribution in [0.3, 0.4) is 0 Å². The van der Waals surface area contributed by atoms with E-state index in [1.54, 1.807) is 19.1 Å². The van der Waals surface area contributed by atoms with Gasteiger partial charge in [-0.1, -0.05) is 39.0 Å². The number of hydrogen-bond acceptors (Lipinski definition) is 4. The zero-order valence-electron chi connectivity index (χ0n) is 14.3. The van der Waals surface area contributed by atoms with E-state index in [2.05, 4.69) is 31.0 Å². The standard InChI is InChI=1S/C19H20N4O/c1-13(24)14-8-7-9-15(12-14)21-22-18-17(19(2,3)4)20-16-10-5-6-11-23(16)18/h5-12H,1-4H3. The molecule has 0 radical (unpaired) electrons. The van der Waals surface area contributed by atoms with Gasteiger partial charge in [0.05, 0.1) is 11.4 Å². The number of imidazole rings is 1. The zero-order valence-corrected chi connectivity index (χ0v) is 14.3. The fourth-order valence-corrected chi connectivity index (χ4v) is 2.47. The Morgan fingerprint density at radius 1 is 1.08 bits per heavy atom. The van der Waals surface area contributed by atoms with Gasteiger partial charge in [0, 0.05) is 17.2 Å². The van der Waals surface area contributed by atoms with Crippen LogP contribution in [-0.4, -0.2) is 15.2 Å². The van der Waals surface area contributed by atoms with Gasteiger partial charge in [-0.15, -0.1) is 10.2 Å². The Kier molecular flexibility index (Phi) is 4.01. The van der Waals surface area contributed by atoms with E-state index in [0.29, 0.717) is 17.1 Å². The summed E-state index contributed by atoms with van der Waals surface area (Å²) in [5.74, 6) is 0.726. The maximum Gasteiger partial charge on any atom is 0.183 e. The van der Waals surface area contributed by atoms with E-state index in [1.807, 2.05) is 40.9 Å². The van der Waals surface area contributed by atoms with Crippen LogP contribution in [-0.2, 0) is 5.41 Å². The fourth-order valence-electron chi connectivity index (χ4n) is 2.47. The molecule has 3 aromatic rings. The number of carbonyl (C=O) groups is 1. The number of hydrogen-bond donors (Lipinski definition) is 0. The van der Waals surface area contributed by atoms with Gasteiger partial charge >= 0.3 is 0 Å².